The molecule has 1 N–H and O–H groups in total. The molecular weight excluding hydrogens is 342 g/mol. The first-order valence-electron chi connectivity index (χ1n) is 7.95. The Morgan fingerprint density at radius 3 is 2.44 bits per heavy atom. The molecule has 0 fully saturated rings. The van der Waals surface area contributed by atoms with E-state index in [1.54, 1.807) is 37.3 Å². The molecule has 5 nitrogen and oxygen atoms in total. The lowest BCUT2D eigenvalue weighted by atomic mass is 10.1. The van der Waals surface area contributed by atoms with E-state index in [9.17, 15) is 9.59 Å². The molecule has 1 unspecified atom stereocenters. The average molecular weight is 362 g/mol. The van der Waals surface area contributed by atoms with Crippen molar-refractivity contribution < 1.29 is 19.1 Å². The Morgan fingerprint density at radius 2 is 1.80 bits per heavy atom. The minimum absolute atomic E-state index is 0.131. The summed E-state index contributed by atoms with van der Waals surface area (Å²) in [5.74, 6) is -0.157. The van der Waals surface area contributed by atoms with E-state index in [0.29, 0.717) is 22.9 Å². The summed E-state index contributed by atoms with van der Waals surface area (Å²) in [5.41, 5.74) is 1.28. The summed E-state index contributed by atoms with van der Waals surface area (Å²) in [6, 6.07) is 13.6. The minimum Gasteiger partial charge on any atom is -0.484 e. The molecule has 1 atom stereocenters. The quantitative estimate of drug-likeness (QED) is 0.762. The number of esters is 1. The number of ether oxygens (including phenoxy) is 2. The maximum Gasteiger partial charge on any atom is 0.338 e. The SMILES string of the molecule is CCOC(=O)c1ccc(OCC(=O)NC(C)c2ccccc2Cl)cc1. The van der Waals surface area contributed by atoms with E-state index in [-0.39, 0.29) is 24.5 Å². The van der Waals surface area contributed by atoms with Crippen molar-refractivity contribution in [3.8, 4) is 5.75 Å². The maximum absolute atomic E-state index is 12.0. The summed E-state index contributed by atoms with van der Waals surface area (Å²) in [4.78, 5) is 23.6. The summed E-state index contributed by atoms with van der Waals surface area (Å²) in [7, 11) is 0. The lowest BCUT2D eigenvalue weighted by molar-refractivity contribution is -0.123. The van der Waals surface area contributed by atoms with Gasteiger partial charge in [-0.1, -0.05) is 29.8 Å². The van der Waals surface area contributed by atoms with Gasteiger partial charge in [-0.25, -0.2) is 4.79 Å². The van der Waals surface area contributed by atoms with Gasteiger partial charge < -0.3 is 14.8 Å². The number of carbonyl (C=O) groups excluding carboxylic acids is 2. The second kappa shape index (κ2) is 9.08. The van der Waals surface area contributed by atoms with Crippen LogP contribution in [0, 0.1) is 0 Å². The number of nitrogens with one attached hydrogen (secondary N) is 1. The van der Waals surface area contributed by atoms with Crippen LogP contribution in [0.4, 0.5) is 0 Å². The first kappa shape index (κ1) is 18.8. The van der Waals surface area contributed by atoms with Crippen molar-refractivity contribution in [3.05, 3.63) is 64.7 Å². The maximum atomic E-state index is 12.0. The predicted octanol–water partition coefficient (Wildman–Crippen LogP) is 3.77. The van der Waals surface area contributed by atoms with Gasteiger partial charge in [-0.05, 0) is 49.7 Å². The first-order valence-corrected chi connectivity index (χ1v) is 8.32. The molecule has 0 aromatic heterocycles. The normalized spacial score (nSPS) is 11.5. The van der Waals surface area contributed by atoms with Gasteiger partial charge in [0.2, 0.25) is 0 Å². The molecule has 0 saturated carbocycles. The molecule has 2 aromatic carbocycles. The highest BCUT2D eigenvalue weighted by atomic mass is 35.5. The van der Waals surface area contributed by atoms with E-state index in [4.69, 9.17) is 21.1 Å². The highest BCUT2D eigenvalue weighted by molar-refractivity contribution is 6.31. The van der Waals surface area contributed by atoms with Gasteiger partial charge in [-0.2, -0.15) is 0 Å². The van der Waals surface area contributed by atoms with Crippen LogP contribution in [0.3, 0.4) is 0 Å². The summed E-state index contributed by atoms with van der Waals surface area (Å²) >= 11 is 6.12. The second-order valence-electron chi connectivity index (χ2n) is 5.34. The first-order chi connectivity index (χ1) is 12.0. The fraction of sp³-hybridized carbons (Fsp3) is 0.263. The number of hydrogen-bond acceptors (Lipinski definition) is 4. The molecule has 1 amide bonds. The van der Waals surface area contributed by atoms with Crippen LogP contribution in [0.25, 0.3) is 0 Å². The smallest absolute Gasteiger partial charge is 0.338 e. The topological polar surface area (TPSA) is 64.6 Å². The van der Waals surface area contributed by atoms with Gasteiger partial charge in [0.1, 0.15) is 5.75 Å². The zero-order valence-corrected chi connectivity index (χ0v) is 14.9. The molecule has 2 rings (SSSR count). The monoisotopic (exact) mass is 361 g/mol. The molecule has 0 heterocycles. The van der Waals surface area contributed by atoms with Crippen LogP contribution in [0.2, 0.25) is 5.02 Å². The summed E-state index contributed by atoms with van der Waals surface area (Å²) < 4.78 is 10.3. The standard InChI is InChI=1S/C19H20ClNO4/c1-3-24-19(23)14-8-10-15(11-9-14)25-12-18(22)21-13(2)16-6-4-5-7-17(16)20/h4-11,13H,3,12H2,1-2H3,(H,21,22). The molecule has 0 saturated heterocycles. The average Bonchev–Trinajstić information content (AvgIpc) is 2.61. The fourth-order valence-electron chi connectivity index (χ4n) is 2.24. The number of hydrogen-bond donors (Lipinski definition) is 1. The third-order valence-electron chi connectivity index (χ3n) is 3.48. The number of carbonyl (C=O) groups is 2. The van der Waals surface area contributed by atoms with Gasteiger partial charge in [0, 0.05) is 5.02 Å². The zero-order chi connectivity index (χ0) is 18.2. The third kappa shape index (κ3) is 5.50. The lowest BCUT2D eigenvalue weighted by Crippen LogP contribution is -2.31. The molecule has 25 heavy (non-hydrogen) atoms. The highest BCUT2D eigenvalue weighted by Gasteiger charge is 2.13. The van der Waals surface area contributed by atoms with Crippen LogP contribution in [-0.2, 0) is 9.53 Å². The van der Waals surface area contributed by atoms with Crippen LogP contribution in [0.5, 0.6) is 5.75 Å². The van der Waals surface area contributed by atoms with Crippen LogP contribution in [0.1, 0.15) is 35.8 Å². The Hall–Kier alpha value is -2.53. The Kier molecular flexibility index (Phi) is 6.83. The lowest BCUT2D eigenvalue weighted by Gasteiger charge is -2.16. The number of benzene rings is 2. The van der Waals surface area contributed by atoms with Crippen molar-refractivity contribution in [1.29, 1.82) is 0 Å². The molecule has 2 aromatic rings. The minimum atomic E-state index is -0.389. The molecule has 132 valence electrons. The summed E-state index contributed by atoms with van der Waals surface area (Å²) in [6.45, 7) is 3.79. The predicted molar refractivity (Wildman–Crippen MR) is 95.9 cm³/mol. The van der Waals surface area contributed by atoms with Gasteiger partial charge in [-0.15, -0.1) is 0 Å². The Labute approximate surface area is 151 Å². The van der Waals surface area contributed by atoms with E-state index in [1.165, 1.54) is 0 Å². The second-order valence-corrected chi connectivity index (χ2v) is 5.75. The molecule has 0 bridgehead atoms. The van der Waals surface area contributed by atoms with Gasteiger partial charge >= 0.3 is 5.97 Å². The van der Waals surface area contributed by atoms with Crippen molar-refractivity contribution in [2.24, 2.45) is 0 Å². The van der Waals surface area contributed by atoms with Gasteiger partial charge in [0.05, 0.1) is 18.2 Å². The third-order valence-corrected chi connectivity index (χ3v) is 3.83. The molecule has 0 aliphatic carbocycles. The molecular formula is C19H20ClNO4. The summed E-state index contributed by atoms with van der Waals surface area (Å²) in [5, 5.41) is 3.43. The molecule has 0 spiro atoms. The van der Waals surface area contributed by atoms with E-state index >= 15 is 0 Å². The molecule has 0 aliphatic heterocycles. The fourth-order valence-corrected chi connectivity index (χ4v) is 2.54. The Bertz CT molecular complexity index is 730. The van der Waals surface area contributed by atoms with E-state index in [0.717, 1.165) is 5.56 Å². The van der Waals surface area contributed by atoms with Crippen molar-refractivity contribution in [1.82, 2.24) is 5.32 Å². The van der Waals surface area contributed by atoms with Crippen LogP contribution >= 0.6 is 11.6 Å². The molecule has 0 radical (unpaired) electrons. The molecule has 0 aliphatic rings. The molecule has 6 heteroatoms. The number of amides is 1. The van der Waals surface area contributed by atoms with E-state index in [1.807, 2.05) is 25.1 Å². The van der Waals surface area contributed by atoms with Gasteiger partial charge in [-0.3, -0.25) is 4.79 Å². The van der Waals surface area contributed by atoms with Crippen molar-refractivity contribution in [2.75, 3.05) is 13.2 Å². The van der Waals surface area contributed by atoms with Crippen LogP contribution < -0.4 is 10.1 Å². The van der Waals surface area contributed by atoms with Crippen molar-refractivity contribution in [3.63, 3.8) is 0 Å². The van der Waals surface area contributed by atoms with Gasteiger partial charge in [0.25, 0.3) is 5.91 Å². The number of halogens is 1. The van der Waals surface area contributed by atoms with Crippen molar-refractivity contribution >= 4 is 23.5 Å². The van der Waals surface area contributed by atoms with E-state index in [2.05, 4.69) is 5.32 Å². The zero-order valence-electron chi connectivity index (χ0n) is 14.1. The van der Waals surface area contributed by atoms with Crippen LogP contribution in [-0.4, -0.2) is 25.1 Å². The Morgan fingerprint density at radius 1 is 1.12 bits per heavy atom. The van der Waals surface area contributed by atoms with Crippen molar-refractivity contribution in [2.45, 2.75) is 19.9 Å². The van der Waals surface area contributed by atoms with Crippen LogP contribution in [0.15, 0.2) is 48.5 Å². The largest absolute Gasteiger partial charge is 0.484 e. The van der Waals surface area contributed by atoms with Gasteiger partial charge in [0.15, 0.2) is 6.61 Å². The summed E-state index contributed by atoms with van der Waals surface area (Å²) in [6.07, 6.45) is 0. The highest BCUT2D eigenvalue weighted by Crippen LogP contribution is 2.22. The number of rotatable bonds is 7. The van der Waals surface area contributed by atoms with E-state index < -0.39 is 0 Å². The Balaban J connectivity index is 1.85.